The number of imidazole rings is 1. The molecule has 1 fully saturated rings. The van der Waals surface area contributed by atoms with E-state index >= 15 is 0 Å². The summed E-state index contributed by atoms with van der Waals surface area (Å²) in [5.74, 6) is 0.0661. The van der Waals surface area contributed by atoms with Gasteiger partial charge in [0.15, 0.2) is 15.7 Å². The summed E-state index contributed by atoms with van der Waals surface area (Å²) in [5, 5.41) is 0. The highest BCUT2D eigenvalue weighted by atomic mass is 32.2. The second-order valence-electron chi connectivity index (χ2n) is 7.33. The lowest BCUT2D eigenvalue weighted by Crippen LogP contribution is -2.30. The molecular weight excluding hydrogens is 449 g/mol. The van der Waals surface area contributed by atoms with Gasteiger partial charge in [-0.2, -0.15) is 13.2 Å². The Morgan fingerprint density at radius 2 is 1.84 bits per heavy atom. The smallest absolute Gasteiger partial charge is 0.326 e. The van der Waals surface area contributed by atoms with E-state index in [1.54, 1.807) is 7.05 Å². The molecule has 0 bridgehead atoms. The number of halogens is 3. The summed E-state index contributed by atoms with van der Waals surface area (Å²) < 4.78 is 66.1. The van der Waals surface area contributed by atoms with Crippen molar-refractivity contribution in [3.63, 3.8) is 0 Å². The lowest BCUT2D eigenvalue weighted by Gasteiger charge is -2.17. The molecule has 1 aliphatic heterocycles. The van der Waals surface area contributed by atoms with Gasteiger partial charge in [0.2, 0.25) is 0 Å². The van der Waals surface area contributed by atoms with Gasteiger partial charge in [-0.3, -0.25) is 4.90 Å². The third-order valence-electron chi connectivity index (χ3n) is 5.32. The minimum Gasteiger partial charge on any atom is -0.326 e. The number of amides is 2. The van der Waals surface area contributed by atoms with Crippen molar-refractivity contribution >= 4 is 32.7 Å². The van der Waals surface area contributed by atoms with Crippen molar-refractivity contribution in [1.29, 1.82) is 0 Å². The second kappa shape index (κ2) is 7.43. The third kappa shape index (κ3) is 3.55. The van der Waals surface area contributed by atoms with Crippen molar-refractivity contribution in [1.82, 2.24) is 24.4 Å². The van der Waals surface area contributed by atoms with Gasteiger partial charge in [0.05, 0.1) is 27.9 Å². The number of fused-ring (bicyclic) bond motifs is 1. The van der Waals surface area contributed by atoms with Crippen LogP contribution in [-0.2, 0) is 23.1 Å². The molecule has 0 radical (unpaired) electrons. The molecule has 0 unspecified atom stereocenters. The Morgan fingerprint density at radius 3 is 2.44 bits per heavy atom. The van der Waals surface area contributed by atoms with Crippen LogP contribution in [0.4, 0.5) is 23.8 Å². The van der Waals surface area contributed by atoms with Gasteiger partial charge < -0.3 is 9.47 Å². The molecule has 0 N–H and O–H groups in total. The normalized spacial score (nSPS) is 15.2. The molecule has 1 saturated heterocycles. The molecule has 0 aromatic carbocycles. The Labute approximate surface area is 181 Å². The molecule has 170 valence electrons. The predicted molar refractivity (Wildman–Crippen MR) is 110 cm³/mol. The quantitative estimate of drug-likeness (QED) is 0.584. The number of urea groups is 1. The Bertz CT molecular complexity index is 1340. The number of pyridine rings is 2. The average molecular weight is 468 g/mol. The summed E-state index contributed by atoms with van der Waals surface area (Å²) in [5.41, 5.74) is -0.881. The van der Waals surface area contributed by atoms with Gasteiger partial charge >= 0.3 is 12.2 Å². The number of aryl methyl sites for hydroxylation is 1. The highest BCUT2D eigenvalue weighted by Gasteiger charge is 2.34. The molecule has 13 heteroatoms. The number of rotatable bonds is 4. The molecule has 0 atom stereocenters. The van der Waals surface area contributed by atoms with E-state index in [9.17, 15) is 26.4 Å². The standard InChI is InChI=1S/C19H19F3N6O3S/c1-4-32(30,31)13-5-6-15(28-8-7-26(2)18(28)29)25-16(13)17-24-11-9-14(19(20,21)22)23-10-12(11)27(17)3/h5-6,9-10H,4,7-8H2,1-3H3. The fraction of sp³-hybridized carbons (Fsp3) is 0.368. The van der Waals surface area contributed by atoms with Crippen LogP contribution in [0, 0.1) is 0 Å². The summed E-state index contributed by atoms with van der Waals surface area (Å²) in [6.45, 7) is 2.31. The minimum atomic E-state index is -4.65. The second-order valence-corrected chi connectivity index (χ2v) is 9.57. The van der Waals surface area contributed by atoms with E-state index in [0.29, 0.717) is 13.1 Å². The van der Waals surface area contributed by atoms with Crippen molar-refractivity contribution in [3.8, 4) is 11.5 Å². The van der Waals surface area contributed by atoms with Gasteiger partial charge in [-0.15, -0.1) is 0 Å². The summed E-state index contributed by atoms with van der Waals surface area (Å²) in [4.78, 5) is 27.3. The van der Waals surface area contributed by atoms with Crippen LogP contribution in [0.1, 0.15) is 12.6 Å². The Morgan fingerprint density at radius 1 is 1.12 bits per heavy atom. The molecule has 2 amide bonds. The first-order chi connectivity index (χ1) is 14.9. The van der Waals surface area contributed by atoms with Gasteiger partial charge in [0, 0.05) is 27.2 Å². The van der Waals surface area contributed by atoms with Crippen molar-refractivity contribution in [2.45, 2.75) is 18.0 Å². The largest absolute Gasteiger partial charge is 0.433 e. The van der Waals surface area contributed by atoms with E-state index in [1.165, 1.54) is 40.5 Å². The van der Waals surface area contributed by atoms with Crippen LogP contribution >= 0.6 is 0 Å². The molecule has 1 aliphatic rings. The Hall–Kier alpha value is -3.22. The van der Waals surface area contributed by atoms with Crippen LogP contribution < -0.4 is 4.90 Å². The minimum absolute atomic E-state index is 0.00569. The number of anilines is 1. The van der Waals surface area contributed by atoms with E-state index in [0.717, 1.165) is 12.3 Å². The highest BCUT2D eigenvalue weighted by molar-refractivity contribution is 7.91. The monoisotopic (exact) mass is 468 g/mol. The lowest BCUT2D eigenvalue weighted by atomic mass is 10.3. The summed E-state index contributed by atoms with van der Waals surface area (Å²) in [6.07, 6.45) is -3.62. The molecule has 4 rings (SSSR count). The van der Waals surface area contributed by atoms with Crippen LogP contribution in [0.2, 0.25) is 0 Å². The summed E-state index contributed by atoms with van der Waals surface area (Å²) in [7, 11) is -0.585. The first kappa shape index (κ1) is 22.0. The maximum atomic E-state index is 13.1. The fourth-order valence-corrected chi connectivity index (χ4v) is 4.49. The molecule has 32 heavy (non-hydrogen) atoms. The highest BCUT2D eigenvalue weighted by Crippen LogP contribution is 2.33. The zero-order valence-electron chi connectivity index (χ0n) is 17.4. The summed E-state index contributed by atoms with van der Waals surface area (Å²) >= 11 is 0. The predicted octanol–water partition coefficient (Wildman–Crippen LogP) is 2.71. The van der Waals surface area contributed by atoms with E-state index in [-0.39, 0.29) is 45.0 Å². The number of sulfone groups is 1. The maximum Gasteiger partial charge on any atom is 0.433 e. The first-order valence-electron chi connectivity index (χ1n) is 9.60. The van der Waals surface area contributed by atoms with Gasteiger partial charge in [-0.05, 0) is 18.2 Å². The van der Waals surface area contributed by atoms with Crippen molar-refractivity contribution in [3.05, 3.63) is 30.1 Å². The number of carbonyl (C=O) groups is 1. The van der Waals surface area contributed by atoms with E-state index in [2.05, 4.69) is 15.0 Å². The fourth-order valence-electron chi connectivity index (χ4n) is 3.47. The van der Waals surface area contributed by atoms with Crippen LogP contribution in [0.3, 0.4) is 0 Å². The van der Waals surface area contributed by atoms with Gasteiger partial charge in [0.25, 0.3) is 0 Å². The van der Waals surface area contributed by atoms with Crippen molar-refractivity contribution in [2.24, 2.45) is 7.05 Å². The van der Waals surface area contributed by atoms with E-state index in [4.69, 9.17) is 0 Å². The van der Waals surface area contributed by atoms with Crippen LogP contribution in [0.25, 0.3) is 22.6 Å². The first-order valence-corrected chi connectivity index (χ1v) is 11.3. The Kier molecular flexibility index (Phi) is 5.11. The van der Waals surface area contributed by atoms with Crippen LogP contribution in [0.5, 0.6) is 0 Å². The van der Waals surface area contributed by atoms with Gasteiger partial charge in [-0.25, -0.2) is 28.2 Å². The number of hydrogen-bond donors (Lipinski definition) is 0. The van der Waals surface area contributed by atoms with Crippen molar-refractivity contribution < 1.29 is 26.4 Å². The SMILES string of the molecule is CCS(=O)(=O)c1ccc(N2CCN(C)C2=O)nc1-c1nc2cc(C(F)(F)F)ncc2n1C. The van der Waals surface area contributed by atoms with Crippen molar-refractivity contribution in [2.75, 3.05) is 30.8 Å². The van der Waals surface area contributed by atoms with E-state index < -0.39 is 21.7 Å². The molecule has 4 heterocycles. The summed E-state index contributed by atoms with van der Waals surface area (Å²) in [6, 6.07) is 3.30. The lowest BCUT2D eigenvalue weighted by molar-refractivity contribution is -0.141. The van der Waals surface area contributed by atoms with Gasteiger partial charge in [-0.1, -0.05) is 6.92 Å². The number of alkyl halides is 3. The molecule has 9 nitrogen and oxygen atoms in total. The number of hydrogen-bond acceptors (Lipinski definition) is 6. The van der Waals surface area contributed by atoms with Crippen LogP contribution in [0.15, 0.2) is 29.3 Å². The number of carbonyl (C=O) groups excluding carboxylic acids is 1. The zero-order valence-corrected chi connectivity index (χ0v) is 18.2. The Balaban J connectivity index is 1.94. The maximum absolute atomic E-state index is 13.1. The molecule has 3 aromatic heterocycles. The molecule has 0 saturated carbocycles. The molecular formula is C19H19F3N6O3S. The third-order valence-corrected chi connectivity index (χ3v) is 7.08. The average Bonchev–Trinajstić information content (AvgIpc) is 3.26. The molecule has 0 aliphatic carbocycles. The molecule has 0 spiro atoms. The van der Waals surface area contributed by atoms with Crippen LogP contribution in [-0.4, -0.2) is 64.8 Å². The number of aromatic nitrogens is 4. The van der Waals surface area contributed by atoms with E-state index in [1.807, 2.05) is 0 Å². The molecule has 3 aromatic rings. The number of nitrogens with zero attached hydrogens (tertiary/aromatic N) is 6. The topological polar surface area (TPSA) is 101 Å². The zero-order chi connectivity index (χ0) is 23.4. The van der Waals surface area contributed by atoms with Gasteiger partial charge in [0.1, 0.15) is 17.2 Å². The number of likely N-dealkylation sites (N-methyl/N-ethyl adjacent to an activating group) is 1.